The number of nitrogens with one attached hydrogen (secondary N) is 1. The van der Waals surface area contributed by atoms with Crippen LogP contribution in [0, 0.1) is 5.41 Å². The predicted octanol–water partition coefficient (Wildman–Crippen LogP) is 2.10. The first kappa shape index (κ1) is 11.4. The molecule has 1 aromatic rings. The highest BCUT2D eigenvalue weighted by Gasteiger charge is 2.34. The van der Waals surface area contributed by atoms with Crippen LogP contribution in [0.15, 0.2) is 0 Å². The second kappa shape index (κ2) is 4.41. The normalized spacial score (nSPS) is 17.9. The SMILES string of the molecule is CCC1(CNc2nc(N)nc(Cl)n2)CCC1. The summed E-state index contributed by atoms with van der Waals surface area (Å²) in [5.41, 5.74) is 5.90. The van der Waals surface area contributed by atoms with Crippen molar-refractivity contribution in [2.24, 2.45) is 5.41 Å². The summed E-state index contributed by atoms with van der Waals surface area (Å²) in [5.74, 6) is 0.624. The molecule has 1 aliphatic rings. The van der Waals surface area contributed by atoms with E-state index in [2.05, 4.69) is 27.2 Å². The predicted molar refractivity (Wildman–Crippen MR) is 64.3 cm³/mol. The Morgan fingerprint density at radius 1 is 1.38 bits per heavy atom. The maximum atomic E-state index is 5.70. The Balaban J connectivity index is 1.98. The number of nitrogen functional groups attached to an aromatic ring is 1. The molecular formula is C10H16ClN5. The van der Waals surface area contributed by atoms with Gasteiger partial charge in [-0.2, -0.15) is 15.0 Å². The van der Waals surface area contributed by atoms with Crippen LogP contribution in [0.2, 0.25) is 5.28 Å². The number of hydrogen-bond donors (Lipinski definition) is 2. The van der Waals surface area contributed by atoms with Crippen LogP contribution >= 0.6 is 11.6 Å². The van der Waals surface area contributed by atoms with Gasteiger partial charge in [0.25, 0.3) is 0 Å². The van der Waals surface area contributed by atoms with Crippen LogP contribution in [-0.2, 0) is 0 Å². The second-order valence-electron chi connectivity index (χ2n) is 4.35. The molecule has 0 amide bonds. The number of rotatable bonds is 4. The molecule has 1 aromatic heterocycles. The highest BCUT2D eigenvalue weighted by Crippen LogP contribution is 2.43. The molecule has 1 heterocycles. The fraction of sp³-hybridized carbons (Fsp3) is 0.700. The maximum Gasteiger partial charge on any atom is 0.228 e. The van der Waals surface area contributed by atoms with E-state index in [1.54, 1.807) is 0 Å². The van der Waals surface area contributed by atoms with Crippen molar-refractivity contribution in [2.45, 2.75) is 32.6 Å². The Bertz CT molecular complexity index is 352. The van der Waals surface area contributed by atoms with Gasteiger partial charge in [0.2, 0.25) is 17.2 Å². The van der Waals surface area contributed by atoms with E-state index in [1.807, 2.05) is 0 Å². The molecule has 5 nitrogen and oxygen atoms in total. The van der Waals surface area contributed by atoms with Crippen LogP contribution in [0.3, 0.4) is 0 Å². The van der Waals surface area contributed by atoms with Gasteiger partial charge in [-0.05, 0) is 36.3 Å². The van der Waals surface area contributed by atoms with Crippen molar-refractivity contribution in [1.82, 2.24) is 15.0 Å². The Morgan fingerprint density at radius 2 is 2.12 bits per heavy atom. The van der Waals surface area contributed by atoms with Crippen molar-refractivity contribution >= 4 is 23.5 Å². The quantitative estimate of drug-likeness (QED) is 0.844. The van der Waals surface area contributed by atoms with E-state index in [4.69, 9.17) is 17.3 Å². The lowest BCUT2D eigenvalue weighted by molar-refractivity contribution is 0.144. The summed E-state index contributed by atoms with van der Waals surface area (Å²) >= 11 is 5.70. The molecule has 3 N–H and O–H groups in total. The monoisotopic (exact) mass is 241 g/mol. The average molecular weight is 242 g/mol. The summed E-state index contributed by atoms with van der Waals surface area (Å²) in [5, 5.41) is 3.33. The van der Waals surface area contributed by atoms with E-state index in [-0.39, 0.29) is 11.2 Å². The largest absolute Gasteiger partial charge is 0.368 e. The number of halogens is 1. The summed E-state index contributed by atoms with van der Waals surface area (Å²) in [6, 6.07) is 0. The molecule has 2 rings (SSSR count). The summed E-state index contributed by atoms with van der Waals surface area (Å²) in [6.07, 6.45) is 5.03. The number of nitrogens with two attached hydrogens (primary N) is 1. The number of hydrogen-bond acceptors (Lipinski definition) is 5. The van der Waals surface area contributed by atoms with Gasteiger partial charge in [-0.15, -0.1) is 0 Å². The summed E-state index contributed by atoms with van der Waals surface area (Å²) in [4.78, 5) is 11.7. The minimum Gasteiger partial charge on any atom is -0.368 e. The zero-order valence-corrected chi connectivity index (χ0v) is 10.1. The Morgan fingerprint density at radius 3 is 2.62 bits per heavy atom. The molecule has 1 aliphatic carbocycles. The lowest BCUT2D eigenvalue weighted by atomic mass is 9.67. The highest BCUT2D eigenvalue weighted by atomic mass is 35.5. The molecule has 6 heteroatoms. The fourth-order valence-corrected chi connectivity index (χ4v) is 2.21. The molecule has 88 valence electrons. The van der Waals surface area contributed by atoms with Gasteiger partial charge in [-0.25, -0.2) is 0 Å². The molecule has 0 aliphatic heterocycles. The highest BCUT2D eigenvalue weighted by molar-refractivity contribution is 6.28. The molecule has 1 fully saturated rings. The van der Waals surface area contributed by atoms with Crippen LogP contribution in [0.5, 0.6) is 0 Å². The van der Waals surface area contributed by atoms with Crippen molar-refractivity contribution in [1.29, 1.82) is 0 Å². The van der Waals surface area contributed by atoms with Gasteiger partial charge in [0.05, 0.1) is 0 Å². The zero-order chi connectivity index (χ0) is 11.6. The van der Waals surface area contributed by atoms with E-state index in [1.165, 1.54) is 25.7 Å². The third kappa shape index (κ3) is 2.35. The minimum absolute atomic E-state index is 0.133. The van der Waals surface area contributed by atoms with Gasteiger partial charge in [0.15, 0.2) is 0 Å². The molecule has 0 bridgehead atoms. The van der Waals surface area contributed by atoms with Gasteiger partial charge in [-0.1, -0.05) is 13.3 Å². The molecule has 0 spiro atoms. The fourth-order valence-electron chi connectivity index (χ4n) is 2.04. The number of nitrogens with zero attached hydrogens (tertiary/aromatic N) is 3. The van der Waals surface area contributed by atoms with Gasteiger partial charge in [0.1, 0.15) is 0 Å². The molecule has 0 unspecified atom stereocenters. The van der Waals surface area contributed by atoms with Crippen molar-refractivity contribution in [3.63, 3.8) is 0 Å². The van der Waals surface area contributed by atoms with E-state index >= 15 is 0 Å². The minimum atomic E-state index is 0.133. The van der Waals surface area contributed by atoms with E-state index < -0.39 is 0 Å². The molecule has 0 atom stereocenters. The van der Waals surface area contributed by atoms with Crippen LogP contribution in [0.4, 0.5) is 11.9 Å². The van der Waals surface area contributed by atoms with E-state index in [9.17, 15) is 0 Å². The Hall–Kier alpha value is -1.10. The van der Waals surface area contributed by atoms with Gasteiger partial charge < -0.3 is 11.1 Å². The van der Waals surface area contributed by atoms with E-state index in [0.717, 1.165) is 6.54 Å². The lowest BCUT2D eigenvalue weighted by Gasteiger charge is -2.41. The van der Waals surface area contributed by atoms with Crippen molar-refractivity contribution in [3.8, 4) is 0 Å². The van der Waals surface area contributed by atoms with Crippen molar-refractivity contribution in [3.05, 3.63) is 5.28 Å². The standard InChI is InChI=1S/C10H16ClN5/c1-2-10(4-3-5-10)6-13-9-15-7(11)14-8(12)16-9/h2-6H2,1H3,(H3,12,13,14,15,16). The Labute approximate surface area is 99.8 Å². The lowest BCUT2D eigenvalue weighted by Crippen LogP contribution is -2.36. The van der Waals surface area contributed by atoms with Gasteiger partial charge in [-0.3, -0.25) is 0 Å². The van der Waals surface area contributed by atoms with Crippen LogP contribution in [-0.4, -0.2) is 21.5 Å². The first-order chi connectivity index (χ1) is 7.63. The first-order valence-electron chi connectivity index (χ1n) is 5.54. The van der Waals surface area contributed by atoms with Crippen molar-refractivity contribution < 1.29 is 0 Å². The topological polar surface area (TPSA) is 76.7 Å². The first-order valence-corrected chi connectivity index (χ1v) is 5.92. The average Bonchev–Trinajstić information content (AvgIpc) is 2.15. The van der Waals surface area contributed by atoms with Crippen LogP contribution < -0.4 is 11.1 Å². The summed E-state index contributed by atoms with van der Waals surface area (Å²) < 4.78 is 0. The second-order valence-corrected chi connectivity index (χ2v) is 4.68. The Kier molecular flexibility index (Phi) is 3.14. The third-order valence-corrected chi connectivity index (χ3v) is 3.58. The smallest absolute Gasteiger partial charge is 0.228 e. The summed E-state index contributed by atoms with van der Waals surface area (Å²) in [7, 11) is 0. The number of aromatic nitrogens is 3. The third-order valence-electron chi connectivity index (χ3n) is 3.41. The van der Waals surface area contributed by atoms with Crippen LogP contribution in [0.1, 0.15) is 32.6 Å². The molecular weight excluding hydrogens is 226 g/mol. The molecule has 0 aromatic carbocycles. The number of anilines is 2. The van der Waals surface area contributed by atoms with Crippen molar-refractivity contribution in [2.75, 3.05) is 17.6 Å². The zero-order valence-electron chi connectivity index (χ0n) is 9.33. The molecule has 0 saturated heterocycles. The molecule has 16 heavy (non-hydrogen) atoms. The molecule has 1 saturated carbocycles. The maximum absolute atomic E-state index is 5.70. The molecule has 0 radical (unpaired) electrons. The van der Waals surface area contributed by atoms with Gasteiger partial charge >= 0.3 is 0 Å². The van der Waals surface area contributed by atoms with E-state index in [0.29, 0.717) is 11.4 Å². The summed E-state index contributed by atoms with van der Waals surface area (Å²) in [6.45, 7) is 3.10. The van der Waals surface area contributed by atoms with Gasteiger partial charge in [0, 0.05) is 6.54 Å². The van der Waals surface area contributed by atoms with Crippen LogP contribution in [0.25, 0.3) is 0 Å².